The Balaban J connectivity index is 2.85. The molecule has 0 heterocycles. The van der Waals surface area contributed by atoms with Crippen LogP contribution in [0, 0.1) is 5.41 Å². The highest BCUT2D eigenvalue weighted by molar-refractivity contribution is 6.00. The molecule has 4 N–H and O–H groups in total. The standard InChI is InChI=1S/C17H22N2O5/c1-17(2,14(21)9-15(22)23)10-13(20)12(19-16(18)24)8-11-6-4-3-5-7-11/h3-7,12H,8-10H2,1-2H3,(H,22,23)(H3,18,19,24). The van der Waals surface area contributed by atoms with E-state index >= 15 is 0 Å². The molecule has 0 aromatic heterocycles. The molecular formula is C17H22N2O5. The second-order valence-electron chi connectivity index (χ2n) is 6.27. The van der Waals surface area contributed by atoms with Crippen LogP contribution in [-0.4, -0.2) is 34.7 Å². The lowest BCUT2D eigenvalue weighted by Crippen LogP contribution is -2.46. The van der Waals surface area contributed by atoms with Gasteiger partial charge in [0.25, 0.3) is 0 Å². The van der Waals surface area contributed by atoms with Gasteiger partial charge in [0.15, 0.2) is 5.78 Å². The van der Waals surface area contributed by atoms with E-state index in [0.29, 0.717) is 0 Å². The minimum absolute atomic E-state index is 0.184. The molecule has 7 nitrogen and oxygen atoms in total. The molecule has 0 aliphatic carbocycles. The maximum atomic E-state index is 12.5. The van der Waals surface area contributed by atoms with Crippen LogP contribution in [0.4, 0.5) is 4.79 Å². The fourth-order valence-electron chi connectivity index (χ4n) is 2.30. The summed E-state index contributed by atoms with van der Waals surface area (Å²) < 4.78 is 0. The van der Waals surface area contributed by atoms with Gasteiger partial charge in [-0.25, -0.2) is 4.79 Å². The van der Waals surface area contributed by atoms with Crippen molar-refractivity contribution < 1.29 is 24.3 Å². The highest BCUT2D eigenvalue weighted by atomic mass is 16.4. The van der Waals surface area contributed by atoms with E-state index < -0.39 is 35.7 Å². The topological polar surface area (TPSA) is 127 Å². The summed E-state index contributed by atoms with van der Waals surface area (Å²) in [5.41, 5.74) is 4.82. The molecule has 0 saturated carbocycles. The van der Waals surface area contributed by atoms with Gasteiger partial charge in [0.1, 0.15) is 12.2 Å². The predicted molar refractivity (Wildman–Crippen MR) is 87.3 cm³/mol. The van der Waals surface area contributed by atoms with E-state index in [2.05, 4.69) is 5.32 Å². The number of aliphatic carboxylic acids is 1. The zero-order valence-corrected chi connectivity index (χ0v) is 13.7. The molecule has 1 rings (SSSR count). The number of rotatable bonds is 9. The Morgan fingerprint density at radius 3 is 2.25 bits per heavy atom. The first-order valence-corrected chi connectivity index (χ1v) is 7.49. The summed E-state index contributed by atoms with van der Waals surface area (Å²) in [4.78, 5) is 46.3. The number of benzene rings is 1. The van der Waals surface area contributed by atoms with E-state index in [1.54, 1.807) is 0 Å². The number of hydrogen-bond acceptors (Lipinski definition) is 4. The number of carboxylic acid groups (broad SMARTS) is 1. The molecule has 130 valence electrons. The number of amides is 2. The third-order valence-electron chi connectivity index (χ3n) is 3.67. The largest absolute Gasteiger partial charge is 0.481 e. The van der Waals surface area contributed by atoms with Crippen molar-refractivity contribution in [3.05, 3.63) is 35.9 Å². The van der Waals surface area contributed by atoms with Crippen molar-refractivity contribution in [2.24, 2.45) is 11.1 Å². The minimum atomic E-state index is -1.24. The normalized spacial score (nSPS) is 12.2. The lowest BCUT2D eigenvalue weighted by Gasteiger charge is -2.25. The summed E-state index contributed by atoms with van der Waals surface area (Å²) >= 11 is 0. The van der Waals surface area contributed by atoms with E-state index in [9.17, 15) is 19.2 Å². The monoisotopic (exact) mass is 334 g/mol. The summed E-state index contributed by atoms with van der Waals surface area (Å²) in [6, 6.07) is 7.35. The number of urea groups is 1. The van der Waals surface area contributed by atoms with Crippen LogP contribution < -0.4 is 11.1 Å². The number of hydrogen-bond donors (Lipinski definition) is 3. The molecule has 0 aliphatic heterocycles. The third kappa shape index (κ3) is 6.20. The highest BCUT2D eigenvalue weighted by Crippen LogP contribution is 2.25. The summed E-state index contributed by atoms with van der Waals surface area (Å²) in [6.07, 6.45) is -0.588. The number of carbonyl (C=O) groups excluding carboxylic acids is 3. The predicted octanol–water partition coefficient (Wildman–Crippen LogP) is 1.30. The number of nitrogens with one attached hydrogen (secondary N) is 1. The summed E-state index contributed by atoms with van der Waals surface area (Å²) in [7, 11) is 0. The van der Waals surface area contributed by atoms with Crippen LogP contribution in [0.15, 0.2) is 30.3 Å². The van der Waals surface area contributed by atoms with Gasteiger partial charge in [-0.3, -0.25) is 14.4 Å². The smallest absolute Gasteiger partial charge is 0.312 e. The number of carboxylic acids is 1. The van der Waals surface area contributed by atoms with Crippen LogP contribution in [0.2, 0.25) is 0 Å². The van der Waals surface area contributed by atoms with E-state index in [-0.39, 0.29) is 18.6 Å². The molecule has 1 unspecified atom stereocenters. The van der Waals surface area contributed by atoms with Crippen LogP contribution in [0.5, 0.6) is 0 Å². The van der Waals surface area contributed by atoms with E-state index in [1.807, 2.05) is 30.3 Å². The molecule has 7 heteroatoms. The molecule has 1 atom stereocenters. The summed E-state index contributed by atoms with van der Waals surface area (Å²) in [6.45, 7) is 3.03. The maximum absolute atomic E-state index is 12.5. The van der Waals surface area contributed by atoms with Gasteiger partial charge in [-0.2, -0.15) is 0 Å². The second-order valence-corrected chi connectivity index (χ2v) is 6.27. The quantitative estimate of drug-likeness (QED) is 0.587. The van der Waals surface area contributed by atoms with Crippen molar-refractivity contribution in [1.29, 1.82) is 0 Å². The third-order valence-corrected chi connectivity index (χ3v) is 3.67. The zero-order chi connectivity index (χ0) is 18.3. The number of primary amides is 1. The maximum Gasteiger partial charge on any atom is 0.312 e. The average Bonchev–Trinajstić information content (AvgIpc) is 2.46. The van der Waals surface area contributed by atoms with Gasteiger partial charge in [0, 0.05) is 11.8 Å². The number of nitrogens with two attached hydrogens (primary N) is 1. The van der Waals surface area contributed by atoms with Gasteiger partial charge < -0.3 is 16.2 Å². The Morgan fingerprint density at radius 2 is 1.75 bits per heavy atom. The second kappa shape index (κ2) is 8.24. The molecular weight excluding hydrogens is 312 g/mol. The van der Waals surface area contributed by atoms with E-state index in [1.165, 1.54) is 13.8 Å². The Labute approximate surface area is 140 Å². The lowest BCUT2D eigenvalue weighted by atomic mass is 9.79. The molecule has 0 fully saturated rings. The van der Waals surface area contributed by atoms with Gasteiger partial charge >= 0.3 is 12.0 Å². The van der Waals surface area contributed by atoms with Crippen molar-refractivity contribution in [2.45, 2.75) is 39.2 Å². The van der Waals surface area contributed by atoms with Crippen LogP contribution in [0.3, 0.4) is 0 Å². The molecule has 0 radical (unpaired) electrons. The molecule has 2 amide bonds. The summed E-state index contributed by atoms with van der Waals surface area (Å²) in [5, 5.41) is 11.1. The van der Waals surface area contributed by atoms with Crippen LogP contribution in [0.25, 0.3) is 0 Å². The molecule has 1 aromatic rings. The van der Waals surface area contributed by atoms with Crippen LogP contribution in [-0.2, 0) is 20.8 Å². The van der Waals surface area contributed by atoms with Crippen molar-refractivity contribution in [3.63, 3.8) is 0 Å². The lowest BCUT2D eigenvalue weighted by molar-refractivity contribution is -0.144. The first kappa shape index (κ1) is 19.3. The highest BCUT2D eigenvalue weighted by Gasteiger charge is 2.34. The molecule has 24 heavy (non-hydrogen) atoms. The van der Waals surface area contributed by atoms with Crippen molar-refractivity contribution in [2.75, 3.05) is 0 Å². The molecule has 1 aromatic carbocycles. The van der Waals surface area contributed by atoms with Gasteiger partial charge in [-0.05, 0) is 12.0 Å². The van der Waals surface area contributed by atoms with Crippen LogP contribution in [0.1, 0.15) is 32.3 Å². The van der Waals surface area contributed by atoms with E-state index in [0.717, 1.165) is 5.56 Å². The van der Waals surface area contributed by atoms with Gasteiger partial charge in [0.05, 0.1) is 6.04 Å². The molecule has 0 saturated heterocycles. The Bertz CT molecular complexity index is 625. The fourth-order valence-corrected chi connectivity index (χ4v) is 2.30. The average molecular weight is 334 g/mol. The zero-order valence-electron chi connectivity index (χ0n) is 13.7. The van der Waals surface area contributed by atoms with Gasteiger partial charge in [-0.1, -0.05) is 44.2 Å². The molecule has 0 bridgehead atoms. The van der Waals surface area contributed by atoms with Crippen molar-refractivity contribution in [1.82, 2.24) is 5.32 Å². The Morgan fingerprint density at radius 1 is 1.17 bits per heavy atom. The Hall–Kier alpha value is -2.70. The first-order chi connectivity index (χ1) is 11.1. The number of carbonyl (C=O) groups is 4. The molecule has 0 spiro atoms. The fraction of sp³-hybridized carbons (Fsp3) is 0.412. The van der Waals surface area contributed by atoms with Crippen LogP contribution >= 0.6 is 0 Å². The first-order valence-electron chi connectivity index (χ1n) is 7.49. The summed E-state index contributed by atoms with van der Waals surface area (Å²) in [5.74, 6) is -2.15. The SMILES string of the molecule is CC(C)(CC(=O)C(Cc1ccccc1)NC(N)=O)C(=O)CC(=O)O. The Kier molecular flexibility index (Phi) is 6.64. The van der Waals surface area contributed by atoms with Gasteiger partial charge in [0.2, 0.25) is 0 Å². The van der Waals surface area contributed by atoms with Crippen molar-refractivity contribution in [3.8, 4) is 0 Å². The van der Waals surface area contributed by atoms with Gasteiger partial charge in [-0.15, -0.1) is 0 Å². The van der Waals surface area contributed by atoms with E-state index in [4.69, 9.17) is 10.8 Å². The number of ketones is 2. The molecule has 0 aliphatic rings. The minimum Gasteiger partial charge on any atom is -0.481 e. The number of Topliss-reactive ketones (excluding diaryl/α,β-unsaturated/α-hetero) is 2. The van der Waals surface area contributed by atoms with Crippen molar-refractivity contribution >= 4 is 23.6 Å².